The van der Waals surface area contributed by atoms with Crippen molar-refractivity contribution < 1.29 is 14.7 Å². The molecule has 6 nitrogen and oxygen atoms in total. The van der Waals surface area contributed by atoms with Gasteiger partial charge >= 0.3 is 5.97 Å². The summed E-state index contributed by atoms with van der Waals surface area (Å²) in [5, 5.41) is 14.5. The number of pyridine rings is 1. The van der Waals surface area contributed by atoms with E-state index in [-0.39, 0.29) is 11.8 Å². The Morgan fingerprint density at radius 3 is 2.62 bits per heavy atom. The highest BCUT2D eigenvalue weighted by Crippen LogP contribution is 2.29. The van der Waals surface area contributed by atoms with Gasteiger partial charge in [0.1, 0.15) is 0 Å². The van der Waals surface area contributed by atoms with Crippen LogP contribution in [0.1, 0.15) is 47.3 Å². The Kier molecular flexibility index (Phi) is 6.05. The third-order valence-electron chi connectivity index (χ3n) is 6.99. The van der Waals surface area contributed by atoms with Crippen LogP contribution in [0, 0.1) is 18.8 Å². The summed E-state index contributed by atoms with van der Waals surface area (Å²) in [6.07, 6.45) is 5.07. The highest BCUT2D eigenvalue weighted by atomic mass is 16.4. The molecule has 2 aromatic carbocycles. The molecule has 1 fully saturated rings. The van der Waals surface area contributed by atoms with Gasteiger partial charge < -0.3 is 15.0 Å². The predicted octanol–water partition coefficient (Wildman–Crippen LogP) is 5.17. The molecule has 0 bridgehead atoms. The first-order chi connectivity index (χ1) is 16.5. The zero-order valence-corrected chi connectivity index (χ0v) is 19.3. The summed E-state index contributed by atoms with van der Waals surface area (Å²) in [6.45, 7) is 3.16. The number of hydrogen-bond acceptors (Lipinski definition) is 3. The second-order valence-corrected chi connectivity index (χ2v) is 9.46. The van der Waals surface area contributed by atoms with Gasteiger partial charge in [-0.15, -0.1) is 0 Å². The van der Waals surface area contributed by atoms with Crippen molar-refractivity contribution in [2.24, 2.45) is 11.8 Å². The van der Waals surface area contributed by atoms with Crippen molar-refractivity contribution in [3.63, 3.8) is 0 Å². The van der Waals surface area contributed by atoms with E-state index in [0.717, 1.165) is 45.9 Å². The lowest BCUT2D eigenvalue weighted by Gasteiger charge is -2.26. The summed E-state index contributed by atoms with van der Waals surface area (Å²) < 4.78 is 2.10. The van der Waals surface area contributed by atoms with E-state index in [1.807, 2.05) is 49.5 Å². The Bertz CT molecular complexity index is 1370. The number of hydrogen-bond donors (Lipinski definition) is 2. The average Bonchev–Trinajstić information content (AvgIpc) is 3.24. The number of carboxylic acids is 1. The molecule has 1 saturated carbocycles. The molecule has 2 aromatic heterocycles. The van der Waals surface area contributed by atoms with Gasteiger partial charge in [0.05, 0.1) is 34.8 Å². The highest BCUT2D eigenvalue weighted by Gasteiger charge is 2.26. The fraction of sp³-hybridized carbons (Fsp3) is 0.321. The molecule has 0 saturated heterocycles. The number of nitrogens with one attached hydrogen (secondary N) is 1. The maximum atomic E-state index is 13.3. The number of benzene rings is 2. The summed E-state index contributed by atoms with van der Waals surface area (Å²) in [5.41, 5.74) is 4.52. The van der Waals surface area contributed by atoms with Crippen LogP contribution in [-0.2, 0) is 11.3 Å². The summed E-state index contributed by atoms with van der Waals surface area (Å²) in [4.78, 5) is 29.3. The number of amides is 1. The molecular formula is C28H29N3O3. The van der Waals surface area contributed by atoms with E-state index in [4.69, 9.17) is 4.98 Å². The van der Waals surface area contributed by atoms with E-state index >= 15 is 0 Å². The van der Waals surface area contributed by atoms with Crippen molar-refractivity contribution >= 4 is 33.7 Å². The predicted molar refractivity (Wildman–Crippen MR) is 133 cm³/mol. The standard InChI is InChI=1S/C28H29N3O3/c1-18-14-22-12-13-31(17-23-11-10-20-4-2-3-5-25(20)30-23)26(22)24(15-18)27(32)29-16-19-6-8-21(9-7-19)28(33)34/h2-5,10-15,19,21H,6-9,16-17H2,1H3,(H,29,32)(H,33,34). The molecule has 0 unspecified atom stereocenters. The molecule has 174 valence electrons. The summed E-state index contributed by atoms with van der Waals surface area (Å²) in [7, 11) is 0. The smallest absolute Gasteiger partial charge is 0.306 e. The average molecular weight is 456 g/mol. The van der Waals surface area contributed by atoms with Gasteiger partial charge in [-0.05, 0) is 74.4 Å². The van der Waals surface area contributed by atoms with E-state index in [1.165, 1.54) is 0 Å². The summed E-state index contributed by atoms with van der Waals surface area (Å²) in [5.74, 6) is -0.699. The molecule has 5 rings (SSSR count). The van der Waals surface area contributed by atoms with Crippen LogP contribution in [0.5, 0.6) is 0 Å². The van der Waals surface area contributed by atoms with Crippen molar-refractivity contribution in [1.29, 1.82) is 0 Å². The molecule has 2 N–H and O–H groups in total. The minimum absolute atomic E-state index is 0.0829. The Labute approximate surface area is 198 Å². The topological polar surface area (TPSA) is 84.2 Å². The van der Waals surface area contributed by atoms with Crippen molar-refractivity contribution in [3.05, 3.63) is 77.6 Å². The van der Waals surface area contributed by atoms with Crippen LogP contribution in [0.2, 0.25) is 0 Å². The van der Waals surface area contributed by atoms with Crippen LogP contribution in [-0.4, -0.2) is 33.1 Å². The minimum Gasteiger partial charge on any atom is -0.481 e. The molecule has 1 aliphatic carbocycles. The van der Waals surface area contributed by atoms with Gasteiger partial charge in [0.2, 0.25) is 0 Å². The maximum Gasteiger partial charge on any atom is 0.306 e. The monoisotopic (exact) mass is 455 g/mol. The molecule has 0 radical (unpaired) electrons. The number of fused-ring (bicyclic) bond motifs is 2. The number of aryl methyl sites for hydroxylation is 1. The molecule has 0 spiro atoms. The zero-order chi connectivity index (χ0) is 23.7. The highest BCUT2D eigenvalue weighted by molar-refractivity contribution is 6.06. The number of carboxylic acid groups (broad SMARTS) is 1. The van der Waals surface area contributed by atoms with E-state index in [9.17, 15) is 14.7 Å². The van der Waals surface area contributed by atoms with Gasteiger partial charge in [-0.25, -0.2) is 0 Å². The molecule has 34 heavy (non-hydrogen) atoms. The Morgan fingerprint density at radius 1 is 1.03 bits per heavy atom. The SMILES string of the molecule is Cc1cc(C(=O)NCC2CCC(C(=O)O)CC2)c2c(ccn2Cc2ccc3ccccc3n2)c1. The third kappa shape index (κ3) is 4.53. The molecule has 2 heterocycles. The van der Waals surface area contributed by atoms with E-state index < -0.39 is 5.97 Å². The van der Waals surface area contributed by atoms with Crippen molar-refractivity contribution in [3.8, 4) is 0 Å². The van der Waals surface area contributed by atoms with E-state index in [2.05, 4.69) is 28.1 Å². The summed E-state index contributed by atoms with van der Waals surface area (Å²) >= 11 is 0. The van der Waals surface area contributed by atoms with Gasteiger partial charge in [0.15, 0.2) is 0 Å². The van der Waals surface area contributed by atoms with Crippen LogP contribution in [0.25, 0.3) is 21.8 Å². The molecule has 0 aliphatic heterocycles. The molecule has 6 heteroatoms. The van der Waals surface area contributed by atoms with Crippen LogP contribution in [0.3, 0.4) is 0 Å². The van der Waals surface area contributed by atoms with Crippen LogP contribution in [0.4, 0.5) is 0 Å². The number of carbonyl (C=O) groups excluding carboxylic acids is 1. The number of para-hydroxylation sites is 1. The number of rotatable bonds is 6. The van der Waals surface area contributed by atoms with Crippen molar-refractivity contribution in [1.82, 2.24) is 14.9 Å². The lowest BCUT2D eigenvalue weighted by atomic mass is 9.82. The molecule has 1 amide bonds. The quantitative estimate of drug-likeness (QED) is 0.420. The molecular weight excluding hydrogens is 426 g/mol. The van der Waals surface area contributed by atoms with E-state index in [1.54, 1.807) is 0 Å². The molecule has 0 atom stereocenters. The second-order valence-electron chi connectivity index (χ2n) is 9.46. The largest absolute Gasteiger partial charge is 0.481 e. The normalized spacial score (nSPS) is 18.3. The first-order valence-corrected chi connectivity index (χ1v) is 11.9. The fourth-order valence-corrected chi connectivity index (χ4v) is 5.12. The molecule has 1 aliphatic rings. The van der Waals surface area contributed by atoms with E-state index in [0.29, 0.717) is 37.4 Å². The van der Waals surface area contributed by atoms with Crippen molar-refractivity contribution in [2.45, 2.75) is 39.2 Å². The molecule has 4 aromatic rings. The lowest BCUT2D eigenvalue weighted by Crippen LogP contribution is -2.32. The number of aliphatic carboxylic acids is 1. The van der Waals surface area contributed by atoms with Crippen molar-refractivity contribution in [2.75, 3.05) is 6.54 Å². The first kappa shape index (κ1) is 22.1. The Hall–Kier alpha value is -3.67. The first-order valence-electron chi connectivity index (χ1n) is 11.9. The van der Waals surface area contributed by atoms with Gasteiger partial charge in [0, 0.05) is 23.5 Å². The summed E-state index contributed by atoms with van der Waals surface area (Å²) in [6, 6.07) is 18.3. The number of aromatic nitrogens is 2. The van der Waals surface area contributed by atoms with Crippen LogP contribution in [0.15, 0.2) is 60.8 Å². The van der Waals surface area contributed by atoms with Gasteiger partial charge in [-0.1, -0.05) is 24.3 Å². The lowest BCUT2D eigenvalue weighted by molar-refractivity contribution is -0.143. The maximum absolute atomic E-state index is 13.3. The van der Waals surface area contributed by atoms with Crippen LogP contribution >= 0.6 is 0 Å². The number of nitrogens with zero attached hydrogens (tertiary/aromatic N) is 2. The van der Waals surface area contributed by atoms with Gasteiger partial charge in [-0.2, -0.15) is 0 Å². The van der Waals surface area contributed by atoms with Gasteiger partial charge in [-0.3, -0.25) is 14.6 Å². The van der Waals surface area contributed by atoms with Gasteiger partial charge in [0.25, 0.3) is 5.91 Å². The second kappa shape index (κ2) is 9.29. The minimum atomic E-state index is -0.702. The number of carbonyl (C=O) groups is 2. The zero-order valence-electron chi connectivity index (χ0n) is 19.3. The Balaban J connectivity index is 1.36. The van der Waals surface area contributed by atoms with Crippen LogP contribution < -0.4 is 5.32 Å². The third-order valence-corrected chi connectivity index (χ3v) is 6.99. The fourth-order valence-electron chi connectivity index (χ4n) is 5.12. The Morgan fingerprint density at radius 2 is 1.82 bits per heavy atom.